The summed E-state index contributed by atoms with van der Waals surface area (Å²) in [4.78, 5) is 33.7. The van der Waals surface area contributed by atoms with Crippen LogP contribution in [0.15, 0.2) is 90.6 Å². The van der Waals surface area contributed by atoms with Crippen LogP contribution in [0.3, 0.4) is 0 Å². The third-order valence-corrected chi connectivity index (χ3v) is 11.2. The number of ether oxygens (including phenoxy) is 2. The molecule has 2 aliphatic carbocycles. The van der Waals surface area contributed by atoms with Gasteiger partial charge in [-0.25, -0.2) is 0 Å². The van der Waals surface area contributed by atoms with Gasteiger partial charge in [0.05, 0.1) is 37.9 Å². The third-order valence-electron chi connectivity index (χ3n) is 9.77. The number of nitrogens with one attached hydrogen (secondary N) is 1. The minimum Gasteiger partial charge on any atom is -0.662 e. The smallest absolute Gasteiger partial charge is 0.662 e. The predicted octanol–water partition coefficient (Wildman–Crippen LogP) is 6.28. The molecule has 0 bridgehead atoms. The standard InChI is InChI=1S/C21H23N3O2S.C15H13N3S.C6H11ClO2.CH3F.CH2O3.Na/c1-3-14(2)26-20(25)12-27-21-23-22-13-24(21)19-11-10-16(15-8-9-15)17-6-4-5-7-18(17)19;19-15-17-16-9-18(15)14-8-7-11(10-5-6-10)12-3-1-2-4-13(12)14;1-3-5(2)9-6(8)4-7;1-2;2-1-4-3;/h4-7,10-11,13-15H,3,8-9,12H2,1-2H3;1-4,7-10H,5-6H2,(H,17,19);5H,3-4H2,1-2H3;1H3;1,3H;/q;;;;;+1/p-1/i;;;1D;;. The van der Waals surface area contributed by atoms with E-state index in [1.807, 2.05) is 36.8 Å². The summed E-state index contributed by atoms with van der Waals surface area (Å²) in [6.45, 7) is 7.51. The minimum atomic E-state index is -1.00. The summed E-state index contributed by atoms with van der Waals surface area (Å²) in [6.07, 6.45) is 10.2. The van der Waals surface area contributed by atoms with Gasteiger partial charge in [0, 0.05) is 10.8 Å². The Morgan fingerprint density at radius 2 is 1.35 bits per heavy atom. The van der Waals surface area contributed by atoms with Crippen molar-refractivity contribution >= 4 is 75.5 Å². The van der Waals surface area contributed by atoms with Crippen LogP contribution in [0.2, 0.25) is 0 Å². The fraction of sp³-hybridized carbons (Fsp3) is 0.386. The molecule has 0 amide bonds. The Morgan fingerprint density at radius 3 is 1.77 bits per heavy atom. The molecular weight excluding hydrogens is 866 g/mol. The number of carbonyl (C=O) groups excluding carboxylic acids is 3. The van der Waals surface area contributed by atoms with Crippen molar-refractivity contribution in [3.8, 4) is 11.4 Å². The molecule has 2 saturated carbocycles. The molecule has 18 heteroatoms. The van der Waals surface area contributed by atoms with Crippen molar-refractivity contribution < 1.29 is 69.3 Å². The molecule has 2 fully saturated rings. The number of hydrogen-bond donors (Lipinski definition) is 1. The van der Waals surface area contributed by atoms with Crippen LogP contribution in [-0.2, 0) is 28.7 Å². The first kappa shape index (κ1) is 50.5. The van der Waals surface area contributed by atoms with Gasteiger partial charge in [0.25, 0.3) is 6.47 Å². The molecule has 0 radical (unpaired) electrons. The molecule has 8 rings (SSSR count). The number of thioether (sulfide) groups is 1. The Kier molecular flexibility index (Phi) is 22.1. The molecule has 13 nitrogen and oxygen atoms in total. The van der Waals surface area contributed by atoms with Gasteiger partial charge < -0.3 is 19.6 Å². The van der Waals surface area contributed by atoms with Crippen molar-refractivity contribution in [3.63, 3.8) is 0 Å². The van der Waals surface area contributed by atoms with Gasteiger partial charge in [-0.05, 0) is 110 Å². The predicted molar refractivity (Wildman–Crippen MR) is 236 cm³/mol. The van der Waals surface area contributed by atoms with E-state index in [9.17, 15) is 14.0 Å². The molecule has 0 saturated heterocycles. The quantitative estimate of drug-likeness (QED) is 0.0202. The van der Waals surface area contributed by atoms with Gasteiger partial charge in [0.15, 0.2) is 9.93 Å². The molecule has 326 valence electrons. The number of carbonyl (C=O) groups is 3. The van der Waals surface area contributed by atoms with E-state index in [0.29, 0.717) is 15.8 Å². The zero-order valence-corrected chi connectivity index (χ0v) is 39.9. The number of halogens is 2. The van der Waals surface area contributed by atoms with Crippen molar-refractivity contribution in [2.24, 2.45) is 0 Å². The average molecular weight is 919 g/mol. The largest absolute Gasteiger partial charge is 1.00 e. The Morgan fingerprint density at radius 1 is 0.887 bits per heavy atom. The van der Waals surface area contributed by atoms with Crippen LogP contribution in [0, 0.1) is 4.77 Å². The molecule has 2 aromatic heterocycles. The van der Waals surface area contributed by atoms with Crippen LogP contribution in [0.5, 0.6) is 0 Å². The van der Waals surface area contributed by atoms with E-state index in [4.69, 9.17) is 44.7 Å². The van der Waals surface area contributed by atoms with E-state index in [2.05, 4.69) is 98.1 Å². The first-order valence-electron chi connectivity index (χ1n) is 20.5. The molecule has 2 unspecified atom stereocenters. The van der Waals surface area contributed by atoms with Crippen LogP contribution >= 0.6 is 35.6 Å². The van der Waals surface area contributed by atoms with E-state index in [-0.39, 0.29) is 71.8 Å². The fourth-order valence-electron chi connectivity index (χ4n) is 6.25. The normalized spacial score (nSPS) is 13.6. The SMILES string of the molecule is CCC(C)OC(=O)CCl.CCC(C)OC(=O)CSc1nncn1-c1ccc(C2CC2)c2ccccc12.O=CO[O-].S=c1[nH]ncn1-c1ccc(C2CC2)c2ccccc12.[2H]CF.[Na+]. The molecule has 2 heterocycles. The van der Waals surface area contributed by atoms with Crippen molar-refractivity contribution in [2.75, 3.05) is 18.8 Å². The molecule has 6 aromatic rings. The topological polar surface area (TPSA) is 166 Å². The van der Waals surface area contributed by atoms with Gasteiger partial charge in [-0.3, -0.25) is 33.0 Å². The summed E-state index contributed by atoms with van der Waals surface area (Å²) in [5.41, 5.74) is 5.03. The number of rotatable bonds is 13. The number of hydrogen-bond acceptors (Lipinski definition) is 12. The van der Waals surface area contributed by atoms with Crippen LogP contribution in [0.25, 0.3) is 32.9 Å². The van der Waals surface area contributed by atoms with E-state index < -0.39 is 7.15 Å². The van der Waals surface area contributed by atoms with Crippen molar-refractivity contribution in [2.45, 2.75) is 95.4 Å². The van der Waals surface area contributed by atoms with E-state index in [1.54, 1.807) is 12.7 Å². The number of H-pyrrole nitrogens is 1. The fourth-order valence-corrected chi connectivity index (χ4v) is 7.21. The number of benzene rings is 4. The number of nitrogens with zero attached hydrogens (tertiary/aromatic N) is 5. The number of fused-ring (bicyclic) bond motifs is 2. The van der Waals surface area contributed by atoms with Crippen molar-refractivity contribution in [3.05, 3.63) is 101 Å². The molecule has 62 heavy (non-hydrogen) atoms. The van der Waals surface area contributed by atoms with E-state index in [0.717, 1.165) is 30.1 Å². The number of aromatic nitrogens is 6. The number of esters is 2. The van der Waals surface area contributed by atoms with Gasteiger partial charge in [-0.2, -0.15) is 5.10 Å². The van der Waals surface area contributed by atoms with Crippen LogP contribution in [0.4, 0.5) is 4.39 Å². The first-order chi connectivity index (χ1) is 30.0. The molecular formula is C44H51ClFN6NaO7S2. The maximum Gasteiger partial charge on any atom is 1.00 e. The molecule has 0 aliphatic heterocycles. The second-order valence-electron chi connectivity index (χ2n) is 14.0. The second kappa shape index (κ2) is 27.1. The van der Waals surface area contributed by atoms with Crippen LogP contribution in [-0.4, -0.2) is 78.9 Å². The molecule has 0 spiro atoms. The van der Waals surface area contributed by atoms with Crippen LogP contribution < -0.4 is 34.8 Å². The summed E-state index contributed by atoms with van der Waals surface area (Å²) >= 11 is 11.8. The Balaban J connectivity index is 0.000000254. The van der Waals surface area contributed by atoms with Gasteiger partial charge in [0.2, 0.25) is 0 Å². The maximum atomic E-state index is 12.0. The Bertz CT molecular complexity index is 2420. The minimum absolute atomic E-state index is 0. The summed E-state index contributed by atoms with van der Waals surface area (Å²) in [7, 11) is -1.00. The molecule has 2 aliphatic rings. The zero-order valence-electron chi connectivity index (χ0n) is 36.5. The Labute approximate surface area is 398 Å². The molecule has 1 N–H and O–H groups in total. The van der Waals surface area contributed by atoms with Gasteiger partial charge in [-0.15, -0.1) is 21.8 Å². The van der Waals surface area contributed by atoms with Gasteiger partial charge in [0.1, 0.15) is 18.5 Å². The van der Waals surface area contributed by atoms with Crippen LogP contribution in [0.1, 0.15) is 90.6 Å². The number of alkyl halides is 2. The average Bonchev–Trinajstić information content (AvgIpc) is 4.24. The molecule has 2 atom stereocenters. The van der Waals surface area contributed by atoms with Crippen molar-refractivity contribution in [1.29, 1.82) is 0 Å². The summed E-state index contributed by atoms with van der Waals surface area (Å²) < 4.78 is 30.1. The van der Waals surface area contributed by atoms with Gasteiger partial charge >= 0.3 is 41.5 Å². The zero-order chi connectivity index (χ0) is 45.0. The summed E-state index contributed by atoms with van der Waals surface area (Å²) in [6, 6.07) is 25.8. The monoisotopic (exact) mass is 917 g/mol. The van der Waals surface area contributed by atoms with E-state index >= 15 is 0 Å². The summed E-state index contributed by atoms with van der Waals surface area (Å²) in [5.74, 6) is 1.04. The molecule has 4 aromatic carbocycles. The van der Waals surface area contributed by atoms with Crippen molar-refractivity contribution in [1.82, 2.24) is 29.5 Å². The summed E-state index contributed by atoms with van der Waals surface area (Å²) in [5, 5.41) is 29.3. The third kappa shape index (κ3) is 15.0. The Hall–Kier alpha value is -4.16. The number of aromatic amines is 1. The van der Waals surface area contributed by atoms with E-state index in [1.165, 1.54) is 70.1 Å². The first-order valence-corrected chi connectivity index (χ1v) is 21.7. The second-order valence-corrected chi connectivity index (χ2v) is 15.6. The maximum absolute atomic E-state index is 12.0. The van der Waals surface area contributed by atoms with Gasteiger partial charge in [-0.1, -0.05) is 86.3 Å².